The summed E-state index contributed by atoms with van der Waals surface area (Å²) in [5, 5.41) is 15.6. The van der Waals surface area contributed by atoms with Crippen molar-refractivity contribution in [2.45, 2.75) is 32.1 Å². The maximum absolute atomic E-state index is 14.5. The number of aromatic nitrogens is 6. The highest BCUT2D eigenvalue weighted by Gasteiger charge is 2.35. The number of benzene rings is 1. The van der Waals surface area contributed by atoms with E-state index in [9.17, 15) is 13.6 Å². The van der Waals surface area contributed by atoms with Gasteiger partial charge in [0.05, 0.1) is 31.8 Å². The highest BCUT2D eigenvalue weighted by atomic mass is 19.1. The predicted octanol–water partition coefficient (Wildman–Crippen LogP) is 2.49. The SMILES string of the molecule is CCC(=O)N1C[C@H](F)[C@H](Nc2nc(OC)c3c(-c4ccc5nnn(CCF)c5c4)ccn3n2)C1. The van der Waals surface area contributed by atoms with Crippen LogP contribution in [0.1, 0.15) is 13.3 Å². The van der Waals surface area contributed by atoms with Gasteiger partial charge in [-0.2, -0.15) is 4.98 Å². The third-order valence-electron chi connectivity index (χ3n) is 6.01. The first-order chi connectivity index (χ1) is 16.5. The summed E-state index contributed by atoms with van der Waals surface area (Å²) in [6, 6.07) is 6.86. The number of nitrogens with one attached hydrogen (secondary N) is 1. The molecule has 1 aliphatic heterocycles. The monoisotopic (exact) mass is 470 g/mol. The van der Waals surface area contributed by atoms with Crippen molar-refractivity contribution < 1.29 is 18.3 Å². The second-order valence-corrected chi connectivity index (χ2v) is 8.09. The van der Waals surface area contributed by atoms with Crippen molar-refractivity contribution in [1.82, 2.24) is 34.5 Å². The number of rotatable bonds is 7. The van der Waals surface area contributed by atoms with Gasteiger partial charge in [-0.3, -0.25) is 4.79 Å². The largest absolute Gasteiger partial charge is 0.479 e. The number of alkyl halides is 2. The molecular formula is C22H24F2N8O2. The Labute approximate surface area is 193 Å². The zero-order valence-corrected chi connectivity index (χ0v) is 18.8. The first-order valence-electron chi connectivity index (χ1n) is 11.0. The van der Waals surface area contributed by atoms with Crippen LogP contribution in [0.2, 0.25) is 0 Å². The number of fused-ring (bicyclic) bond motifs is 2. The Hall–Kier alpha value is -3.83. The van der Waals surface area contributed by atoms with E-state index < -0.39 is 18.9 Å². The van der Waals surface area contributed by atoms with Crippen LogP contribution in [0.3, 0.4) is 0 Å². The standard InChI is InChI=1S/C22H24F2N8O2/c1-3-19(33)30-11-15(24)17(12-30)25-22-26-21(34-2)20-14(6-8-32(20)28-22)13-4-5-16-18(10-13)31(9-7-23)29-27-16/h4-6,8,10,15,17H,3,7,9,11-12H2,1-2H3,(H,25,28)/t15-,17+/m0/s1. The number of anilines is 1. The van der Waals surface area contributed by atoms with Gasteiger partial charge in [0.2, 0.25) is 17.7 Å². The minimum atomic E-state index is -1.23. The fraction of sp³-hybridized carbons (Fsp3) is 0.409. The molecule has 0 radical (unpaired) electrons. The van der Waals surface area contributed by atoms with Crippen LogP contribution in [0.25, 0.3) is 27.7 Å². The van der Waals surface area contributed by atoms with E-state index in [4.69, 9.17) is 4.74 Å². The molecule has 0 aliphatic carbocycles. The second kappa shape index (κ2) is 8.84. The Morgan fingerprint density at radius 2 is 2.15 bits per heavy atom. The summed E-state index contributed by atoms with van der Waals surface area (Å²) < 4.78 is 36.1. The van der Waals surface area contributed by atoms with Crippen molar-refractivity contribution >= 4 is 28.4 Å². The average Bonchev–Trinajstić information content (AvgIpc) is 3.55. The molecule has 12 heteroatoms. The van der Waals surface area contributed by atoms with Crippen LogP contribution in [0.5, 0.6) is 5.88 Å². The van der Waals surface area contributed by atoms with E-state index in [1.165, 1.54) is 16.7 Å². The molecule has 0 bridgehead atoms. The summed E-state index contributed by atoms with van der Waals surface area (Å²) in [6.45, 7) is 1.63. The van der Waals surface area contributed by atoms with Crippen LogP contribution in [-0.4, -0.2) is 79.5 Å². The van der Waals surface area contributed by atoms with Gasteiger partial charge < -0.3 is 15.0 Å². The molecule has 0 saturated carbocycles. The smallest absolute Gasteiger partial charge is 0.244 e. The molecule has 10 nitrogen and oxygen atoms in total. The van der Waals surface area contributed by atoms with E-state index in [1.54, 1.807) is 17.6 Å². The van der Waals surface area contributed by atoms with Crippen LogP contribution in [0.15, 0.2) is 30.5 Å². The third kappa shape index (κ3) is 3.78. The summed E-state index contributed by atoms with van der Waals surface area (Å²) in [5.41, 5.74) is 3.66. The highest BCUT2D eigenvalue weighted by Crippen LogP contribution is 2.33. The van der Waals surface area contributed by atoms with Crippen LogP contribution in [-0.2, 0) is 11.3 Å². The molecule has 1 aromatic carbocycles. The number of ether oxygens (including phenoxy) is 1. The van der Waals surface area contributed by atoms with E-state index in [2.05, 4.69) is 25.7 Å². The number of halogens is 2. The molecule has 178 valence electrons. The maximum atomic E-state index is 14.5. The number of carbonyl (C=O) groups excluding carboxylic acids is 1. The van der Waals surface area contributed by atoms with E-state index in [0.29, 0.717) is 28.9 Å². The molecule has 3 aromatic heterocycles. The molecule has 4 aromatic rings. The molecule has 1 N–H and O–H groups in total. The quantitative estimate of drug-likeness (QED) is 0.443. The van der Waals surface area contributed by atoms with Crippen molar-refractivity contribution in [3.63, 3.8) is 0 Å². The molecule has 5 rings (SSSR count). The number of carbonyl (C=O) groups is 1. The van der Waals surface area contributed by atoms with Gasteiger partial charge in [-0.25, -0.2) is 18.0 Å². The van der Waals surface area contributed by atoms with Crippen molar-refractivity contribution in [1.29, 1.82) is 0 Å². The summed E-state index contributed by atoms with van der Waals surface area (Å²) in [5.74, 6) is 0.421. The van der Waals surface area contributed by atoms with Crippen molar-refractivity contribution in [3.8, 4) is 17.0 Å². The van der Waals surface area contributed by atoms with Crippen LogP contribution < -0.4 is 10.1 Å². The molecule has 1 saturated heterocycles. The topological polar surface area (TPSA) is 102 Å². The van der Waals surface area contributed by atoms with E-state index in [0.717, 1.165) is 11.1 Å². The molecule has 0 spiro atoms. The lowest BCUT2D eigenvalue weighted by molar-refractivity contribution is -0.130. The van der Waals surface area contributed by atoms with Gasteiger partial charge in [0.25, 0.3) is 0 Å². The maximum Gasteiger partial charge on any atom is 0.244 e. The summed E-state index contributed by atoms with van der Waals surface area (Å²) in [6.07, 6.45) is 0.865. The Morgan fingerprint density at radius 1 is 1.29 bits per heavy atom. The lowest BCUT2D eigenvalue weighted by Gasteiger charge is -2.16. The van der Waals surface area contributed by atoms with Gasteiger partial charge in [-0.1, -0.05) is 18.2 Å². The number of nitrogens with zero attached hydrogens (tertiary/aromatic N) is 7. The lowest BCUT2D eigenvalue weighted by Crippen LogP contribution is -2.32. The van der Waals surface area contributed by atoms with Crippen LogP contribution >= 0.6 is 0 Å². The molecule has 1 amide bonds. The summed E-state index contributed by atoms with van der Waals surface area (Å²) in [4.78, 5) is 17.9. The van der Waals surface area contributed by atoms with Crippen LogP contribution in [0, 0.1) is 0 Å². The van der Waals surface area contributed by atoms with Gasteiger partial charge >= 0.3 is 0 Å². The summed E-state index contributed by atoms with van der Waals surface area (Å²) in [7, 11) is 1.50. The van der Waals surface area contributed by atoms with Gasteiger partial charge in [0.1, 0.15) is 23.9 Å². The fourth-order valence-electron chi connectivity index (χ4n) is 4.30. The third-order valence-corrected chi connectivity index (χ3v) is 6.01. The first-order valence-corrected chi connectivity index (χ1v) is 11.0. The second-order valence-electron chi connectivity index (χ2n) is 8.09. The molecule has 4 heterocycles. The Balaban J connectivity index is 1.48. The zero-order valence-electron chi connectivity index (χ0n) is 18.8. The number of likely N-dealkylation sites (tertiary alicyclic amines) is 1. The highest BCUT2D eigenvalue weighted by molar-refractivity contribution is 5.89. The molecule has 34 heavy (non-hydrogen) atoms. The fourth-order valence-corrected chi connectivity index (χ4v) is 4.30. The summed E-state index contributed by atoms with van der Waals surface area (Å²) >= 11 is 0. The minimum Gasteiger partial charge on any atom is -0.479 e. The van der Waals surface area contributed by atoms with Gasteiger partial charge in [0.15, 0.2) is 0 Å². The molecule has 1 aliphatic rings. The molecule has 0 unspecified atom stereocenters. The molecular weight excluding hydrogens is 446 g/mol. The van der Waals surface area contributed by atoms with Crippen molar-refractivity contribution in [3.05, 3.63) is 30.5 Å². The van der Waals surface area contributed by atoms with E-state index in [-0.39, 0.29) is 31.5 Å². The van der Waals surface area contributed by atoms with E-state index >= 15 is 0 Å². The van der Waals surface area contributed by atoms with Gasteiger partial charge in [0, 0.05) is 24.7 Å². The van der Waals surface area contributed by atoms with Gasteiger partial charge in [-0.05, 0) is 23.8 Å². The number of methoxy groups -OCH3 is 1. The van der Waals surface area contributed by atoms with E-state index in [1.807, 2.05) is 24.3 Å². The Morgan fingerprint density at radius 3 is 2.91 bits per heavy atom. The molecule has 2 atom stereocenters. The number of amides is 1. The van der Waals surface area contributed by atoms with Crippen molar-refractivity contribution in [2.24, 2.45) is 0 Å². The zero-order chi connectivity index (χ0) is 23.8. The number of hydrogen-bond acceptors (Lipinski definition) is 7. The average molecular weight is 470 g/mol. The normalized spacial score (nSPS) is 18.2. The lowest BCUT2D eigenvalue weighted by atomic mass is 10.1. The van der Waals surface area contributed by atoms with Crippen LogP contribution in [0.4, 0.5) is 14.7 Å². The first kappa shape index (κ1) is 22.0. The minimum absolute atomic E-state index is 0.0493. The Bertz CT molecular complexity index is 1350. The van der Waals surface area contributed by atoms with Gasteiger partial charge in [-0.15, -0.1) is 10.2 Å². The number of hydrogen-bond donors (Lipinski definition) is 1. The Kier molecular flexibility index (Phi) is 5.72. The molecule has 1 fully saturated rings. The van der Waals surface area contributed by atoms with Crippen molar-refractivity contribution in [2.75, 3.05) is 32.2 Å². The predicted molar refractivity (Wildman–Crippen MR) is 121 cm³/mol. The number of aryl methyl sites for hydroxylation is 1.